The zero-order chi connectivity index (χ0) is 12.9. The van der Waals surface area contributed by atoms with Crippen molar-refractivity contribution < 1.29 is 17.9 Å². The number of nitrogen functional groups attached to an aromatic ring is 1. The van der Waals surface area contributed by atoms with E-state index in [9.17, 15) is 8.42 Å². The van der Waals surface area contributed by atoms with Crippen LogP contribution in [0.5, 0.6) is 5.75 Å². The quantitative estimate of drug-likeness (QED) is 0.733. The fourth-order valence-corrected chi connectivity index (χ4v) is 2.18. The molecule has 1 aromatic rings. The standard InChI is InChI=1S/C10H16N2O4S/c1-15-5-6-17(13,14)12-10-4-3-8(16-2)7-9(10)11/h3-4,7,12H,5-6,11H2,1-2H3. The molecule has 1 aromatic carbocycles. The lowest BCUT2D eigenvalue weighted by Crippen LogP contribution is -2.20. The molecule has 0 heterocycles. The summed E-state index contributed by atoms with van der Waals surface area (Å²) in [4.78, 5) is 0. The molecule has 0 amide bonds. The molecular formula is C10H16N2O4S. The fourth-order valence-electron chi connectivity index (χ4n) is 1.17. The average Bonchev–Trinajstić information content (AvgIpc) is 2.29. The van der Waals surface area contributed by atoms with Crippen molar-refractivity contribution in [3.8, 4) is 5.75 Å². The summed E-state index contributed by atoms with van der Waals surface area (Å²) in [6, 6.07) is 4.73. The number of anilines is 2. The lowest BCUT2D eigenvalue weighted by Gasteiger charge is -2.11. The summed E-state index contributed by atoms with van der Waals surface area (Å²) >= 11 is 0. The monoisotopic (exact) mass is 260 g/mol. The molecule has 1 rings (SSSR count). The molecule has 0 radical (unpaired) electrons. The Morgan fingerprint density at radius 3 is 2.59 bits per heavy atom. The predicted molar refractivity (Wildman–Crippen MR) is 66.7 cm³/mol. The van der Waals surface area contributed by atoms with Crippen molar-refractivity contribution in [3.63, 3.8) is 0 Å². The maximum Gasteiger partial charge on any atom is 0.235 e. The molecule has 7 heteroatoms. The lowest BCUT2D eigenvalue weighted by molar-refractivity contribution is 0.217. The van der Waals surface area contributed by atoms with E-state index in [1.807, 2.05) is 0 Å². The van der Waals surface area contributed by atoms with Gasteiger partial charge in [0, 0.05) is 13.2 Å². The Morgan fingerprint density at radius 1 is 1.35 bits per heavy atom. The van der Waals surface area contributed by atoms with Gasteiger partial charge in [0.1, 0.15) is 5.75 Å². The maximum atomic E-state index is 11.6. The van der Waals surface area contributed by atoms with Crippen LogP contribution in [0.15, 0.2) is 18.2 Å². The molecule has 0 saturated heterocycles. The highest BCUT2D eigenvalue weighted by atomic mass is 32.2. The molecule has 0 atom stereocenters. The highest BCUT2D eigenvalue weighted by molar-refractivity contribution is 7.92. The molecular weight excluding hydrogens is 244 g/mol. The van der Waals surface area contributed by atoms with Crippen molar-refractivity contribution in [2.75, 3.05) is 37.0 Å². The number of benzene rings is 1. The first-order valence-corrected chi connectivity index (χ1v) is 6.56. The number of nitrogens with two attached hydrogens (primary N) is 1. The first kappa shape index (κ1) is 13.6. The summed E-state index contributed by atoms with van der Waals surface area (Å²) in [5, 5.41) is 0. The SMILES string of the molecule is COCCS(=O)(=O)Nc1ccc(OC)cc1N. The normalized spacial score (nSPS) is 11.2. The minimum atomic E-state index is -3.43. The molecule has 3 N–H and O–H groups in total. The van der Waals surface area contributed by atoms with Gasteiger partial charge >= 0.3 is 0 Å². The smallest absolute Gasteiger partial charge is 0.235 e. The molecule has 6 nitrogen and oxygen atoms in total. The van der Waals surface area contributed by atoms with Gasteiger partial charge in [0.05, 0.1) is 30.8 Å². The Morgan fingerprint density at radius 2 is 2.06 bits per heavy atom. The van der Waals surface area contributed by atoms with Crippen LogP contribution in [0.25, 0.3) is 0 Å². The molecule has 0 aromatic heterocycles. The molecule has 0 spiro atoms. The molecule has 0 aliphatic carbocycles. The van der Waals surface area contributed by atoms with Gasteiger partial charge in [-0.1, -0.05) is 0 Å². The van der Waals surface area contributed by atoms with Crippen LogP contribution in [0, 0.1) is 0 Å². The Balaban J connectivity index is 2.81. The van der Waals surface area contributed by atoms with Gasteiger partial charge in [-0.3, -0.25) is 4.72 Å². The van der Waals surface area contributed by atoms with Crippen LogP contribution in [0.2, 0.25) is 0 Å². The number of ether oxygens (including phenoxy) is 2. The maximum absolute atomic E-state index is 11.6. The van der Waals surface area contributed by atoms with E-state index in [-0.39, 0.29) is 12.4 Å². The number of hydrogen-bond acceptors (Lipinski definition) is 5. The van der Waals surface area contributed by atoms with Crippen LogP contribution in [0.1, 0.15) is 0 Å². The Kier molecular flexibility index (Phi) is 4.59. The second-order valence-corrected chi connectivity index (χ2v) is 5.21. The molecule has 96 valence electrons. The van der Waals surface area contributed by atoms with Gasteiger partial charge in [-0.05, 0) is 12.1 Å². The van der Waals surface area contributed by atoms with Crippen LogP contribution in [0.4, 0.5) is 11.4 Å². The largest absolute Gasteiger partial charge is 0.497 e. The minimum absolute atomic E-state index is 0.116. The van der Waals surface area contributed by atoms with E-state index in [4.69, 9.17) is 15.2 Å². The predicted octanol–water partition coefficient (Wildman–Crippen LogP) is 0.665. The van der Waals surface area contributed by atoms with E-state index in [2.05, 4.69) is 4.72 Å². The molecule has 0 unspecified atom stereocenters. The van der Waals surface area contributed by atoms with Crippen molar-refractivity contribution in [1.29, 1.82) is 0 Å². The number of methoxy groups -OCH3 is 2. The number of sulfonamides is 1. The van der Waals surface area contributed by atoms with Crippen molar-refractivity contribution in [2.45, 2.75) is 0 Å². The van der Waals surface area contributed by atoms with Gasteiger partial charge in [-0.25, -0.2) is 8.42 Å². The molecule has 0 aliphatic rings. The van der Waals surface area contributed by atoms with Gasteiger partial charge in [0.15, 0.2) is 0 Å². The lowest BCUT2D eigenvalue weighted by atomic mass is 10.2. The van der Waals surface area contributed by atoms with Crippen LogP contribution in [-0.2, 0) is 14.8 Å². The van der Waals surface area contributed by atoms with Crippen molar-refractivity contribution >= 4 is 21.4 Å². The summed E-state index contributed by atoms with van der Waals surface area (Å²) in [6.45, 7) is 0.130. The molecule has 0 fully saturated rings. The fraction of sp³-hybridized carbons (Fsp3) is 0.400. The second kappa shape index (κ2) is 5.74. The molecule has 17 heavy (non-hydrogen) atoms. The third-order valence-electron chi connectivity index (χ3n) is 2.08. The average molecular weight is 260 g/mol. The van der Waals surface area contributed by atoms with E-state index >= 15 is 0 Å². The Bertz CT molecular complexity index is 473. The van der Waals surface area contributed by atoms with Crippen molar-refractivity contribution in [2.24, 2.45) is 0 Å². The highest BCUT2D eigenvalue weighted by Crippen LogP contribution is 2.24. The summed E-state index contributed by atoms with van der Waals surface area (Å²) in [5.41, 5.74) is 6.34. The van der Waals surface area contributed by atoms with Crippen LogP contribution in [-0.4, -0.2) is 35.0 Å². The topological polar surface area (TPSA) is 90.7 Å². The van der Waals surface area contributed by atoms with Gasteiger partial charge in [-0.2, -0.15) is 0 Å². The Labute approximate surface area is 101 Å². The summed E-state index contributed by atoms with van der Waals surface area (Å²) < 4.78 is 35.2. The highest BCUT2D eigenvalue weighted by Gasteiger charge is 2.12. The minimum Gasteiger partial charge on any atom is -0.497 e. The molecule has 0 bridgehead atoms. The van der Waals surface area contributed by atoms with Crippen LogP contribution >= 0.6 is 0 Å². The number of hydrogen-bond donors (Lipinski definition) is 2. The van der Waals surface area contributed by atoms with E-state index in [1.165, 1.54) is 14.2 Å². The van der Waals surface area contributed by atoms with E-state index in [0.29, 0.717) is 17.1 Å². The van der Waals surface area contributed by atoms with E-state index in [0.717, 1.165) is 0 Å². The Hall–Kier alpha value is -1.47. The van der Waals surface area contributed by atoms with Crippen LogP contribution in [0.3, 0.4) is 0 Å². The van der Waals surface area contributed by atoms with Crippen molar-refractivity contribution in [3.05, 3.63) is 18.2 Å². The first-order valence-electron chi connectivity index (χ1n) is 4.91. The van der Waals surface area contributed by atoms with Gasteiger partial charge in [0.25, 0.3) is 0 Å². The number of rotatable bonds is 6. The summed E-state index contributed by atoms with van der Waals surface area (Å²) in [6.07, 6.45) is 0. The first-order chi connectivity index (χ1) is 7.98. The van der Waals surface area contributed by atoms with E-state index < -0.39 is 10.0 Å². The zero-order valence-electron chi connectivity index (χ0n) is 9.76. The second-order valence-electron chi connectivity index (χ2n) is 3.37. The number of nitrogens with one attached hydrogen (secondary N) is 1. The van der Waals surface area contributed by atoms with Crippen molar-refractivity contribution in [1.82, 2.24) is 0 Å². The van der Waals surface area contributed by atoms with Gasteiger partial charge < -0.3 is 15.2 Å². The zero-order valence-corrected chi connectivity index (χ0v) is 10.6. The third-order valence-corrected chi connectivity index (χ3v) is 3.32. The summed E-state index contributed by atoms with van der Waals surface area (Å²) in [5.74, 6) is 0.456. The molecule has 0 aliphatic heterocycles. The third kappa shape index (κ3) is 4.12. The van der Waals surface area contributed by atoms with Crippen LogP contribution < -0.4 is 15.2 Å². The van der Waals surface area contributed by atoms with Gasteiger partial charge in [0.2, 0.25) is 10.0 Å². The summed E-state index contributed by atoms with van der Waals surface area (Å²) in [7, 11) is -0.482. The van der Waals surface area contributed by atoms with E-state index in [1.54, 1.807) is 18.2 Å². The van der Waals surface area contributed by atoms with Gasteiger partial charge in [-0.15, -0.1) is 0 Å². The molecule has 0 saturated carbocycles.